The molecule has 1 aromatic carbocycles. The number of aliphatic hydroxyl groups is 1. The van der Waals surface area contributed by atoms with Crippen LogP contribution in [0, 0.1) is 0 Å². The Morgan fingerprint density at radius 3 is 2.67 bits per heavy atom. The molecule has 0 fully saturated rings. The fourth-order valence-corrected chi connectivity index (χ4v) is 2.37. The molecular formula is C18H28ClNO4. The number of hydrogen-bond donors (Lipinski definition) is 2. The lowest BCUT2D eigenvalue weighted by Gasteiger charge is -2.23. The lowest BCUT2D eigenvalue weighted by Crippen LogP contribution is -2.39. The Hall–Kier alpha value is -1.46. The maximum absolute atomic E-state index is 11.9. The number of nitrogens with one attached hydrogen (secondary N) is 1. The van der Waals surface area contributed by atoms with E-state index in [2.05, 4.69) is 5.32 Å². The highest BCUT2D eigenvalue weighted by atomic mass is 35.5. The minimum atomic E-state index is -0.510. The Labute approximate surface area is 149 Å². The van der Waals surface area contributed by atoms with Gasteiger partial charge in [0.15, 0.2) is 0 Å². The third kappa shape index (κ3) is 7.88. The average molecular weight is 358 g/mol. The van der Waals surface area contributed by atoms with Gasteiger partial charge in [0.05, 0.1) is 6.61 Å². The van der Waals surface area contributed by atoms with Crippen LogP contribution in [0.1, 0.15) is 46.1 Å². The van der Waals surface area contributed by atoms with Gasteiger partial charge in [0.25, 0.3) is 0 Å². The Morgan fingerprint density at radius 2 is 2.08 bits per heavy atom. The fourth-order valence-electron chi connectivity index (χ4n) is 2.21. The number of aliphatic hydroxyl groups excluding tert-OH is 1. The number of hydrogen-bond acceptors (Lipinski definition) is 4. The molecule has 0 aromatic heterocycles. The Bertz CT molecular complexity index is 528. The quantitative estimate of drug-likeness (QED) is 0.739. The van der Waals surface area contributed by atoms with Gasteiger partial charge in [-0.15, -0.1) is 0 Å². The molecule has 6 heteroatoms. The normalized spacial score (nSPS) is 12.6. The fraction of sp³-hybridized carbons (Fsp3) is 0.611. The zero-order chi connectivity index (χ0) is 18.2. The predicted octanol–water partition coefficient (Wildman–Crippen LogP) is 3.95. The Balaban J connectivity index is 2.63. The van der Waals surface area contributed by atoms with Crippen molar-refractivity contribution in [1.82, 2.24) is 5.32 Å². The topological polar surface area (TPSA) is 67.8 Å². The molecule has 0 spiro atoms. The molecule has 1 aromatic rings. The van der Waals surface area contributed by atoms with Crippen LogP contribution in [0.5, 0.6) is 5.75 Å². The van der Waals surface area contributed by atoms with Crippen molar-refractivity contribution in [2.75, 3.05) is 13.2 Å². The Morgan fingerprint density at radius 1 is 1.38 bits per heavy atom. The number of halogens is 1. The van der Waals surface area contributed by atoms with Gasteiger partial charge in [-0.05, 0) is 57.7 Å². The van der Waals surface area contributed by atoms with Crippen molar-refractivity contribution in [1.29, 1.82) is 0 Å². The zero-order valence-electron chi connectivity index (χ0n) is 14.9. The van der Waals surface area contributed by atoms with Crippen molar-refractivity contribution in [3.63, 3.8) is 0 Å². The van der Waals surface area contributed by atoms with E-state index in [0.717, 1.165) is 24.8 Å². The first-order chi connectivity index (χ1) is 11.2. The Kier molecular flexibility index (Phi) is 8.36. The molecule has 0 bridgehead atoms. The van der Waals surface area contributed by atoms with E-state index in [1.54, 1.807) is 6.07 Å². The number of carbonyl (C=O) groups is 1. The number of carbonyl (C=O) groups excluding carboxylic acids is 1. The lowest BCUT2D eigenvalue weighted by atomic mass is 10.0. The monoisotopic (exact) mass is 357 g/mol. The zero-order valence-corrected chi connectivity index (χ0v) is 15.7. The number of rotatable bonds is 8. The van der Waals surface area contributed by atoms with Crippen molar-refractivity contribution in [2.24, 2.45) is 0 Å². The van der Waals surface area contributed by atoms with Crippen LogP contribution in [0.4, 0.5) is 4.79 Å². The second kappa shape index (κ2) is 9.74. The molecule has 0 saturated carbocycles. The molecule has 2 N–H and O–H groups in total. The van der Waals surface area contributed by atoms with Crippen molar-refractivity contribution in [3.05, 3.63) is 28.8 Å². The predicted molar refractivity (Wildman–Crippen MR) is 95.8 cm³/mol. The SMILES string of the molecule is CC[C@H](CCc1ccc(Cl)cc1OCCO)NC(=O)OC(C)(C)C. The largest absolute Gasteiger partial charge is 0.491 e. The van der Waals surface area contributed by atoms with Crippen molar-refractivity contribution in [3.8, 4) is 5.75 Å². The second-order valence-corrected chi connectivity index (χ2v) is 7.05. The first-order valence-corrected chi connectivity index (χ1v) is 8.64. The highest BCUT2D eigenvalue weighted by Crippen LogP contribution is 2.25. The van der Waals surface area contributed by atoms with E-state index >= 15 is 0 Å². The molecule has 136 valence electrons. The van der Waals surface area contributed by atoms with Gasteiger partial charge in [-0.3, -0.25) is 0 Å². The first kappa shape index (κ1) is 20.6. The van der Waals surface area contributed by atoms with Crippen LogP contribution in [0.25, 0.3) is 0 Å². The van der Waals surface area contributed by atoms with E-state index in [1.165, 1.54) is 0 Å². The van der Waals surface area contributed by atoms with Crippen LogP contribution >= 0.6 is 11.6 Å². The maximum atomic E-state index is 11.9. The molecule has 0 saturated heterocycles. The summed E-state index contributed by atoms with van der Waals surface area (Å²) in [6.45, 7) is 7.71. The third-order valence-electron chi connectivity index (χ3n) is 3.35. The van der Waals surface area contributed by atoms with Gasteiger partial charge in [0, 0.05) is 11.1 Å². The van der Waals surface area contributed by atoms with Crippen LogP contribution in [0.3, 0.4) is 0 Å². The maximum Gasteiger partial charge on any atom is 0.407 e. The first-order valence-electron chi connectivity index (χ1n) is 8.26. The van der Waals surface area contributed by atoms with Gasteiger partial charge in [-0.25, -0.2) is 4.79 Å². The number of benzene rings is 1. The number of ether oxygens (including phenoxy) is 2. The smallest absolute Gasteiger partial charge is 0.407 e. The molecule has 0 unspecified atom stereocenters. The molecule has 1 amide bonds. The van der Waals surface area contributed by atoms with Crippen LogP contribution in [0.15, 0.2) is 18.2 Å². The van der Waals surface area contributed by atoms with Gasteiger partial charge >= 0.3 is 6.09 Å². The summed E-state index contributed by atoms with van der Waals surface area (Å²) in [5, 5.41) is 12.4. The molecule has 5 nitrogen and oxygen atoms in total. The summed E-state index contributed by atoms with van der Waals surface area (Å²) >= 11 is 6.00. The van der Waals surface area contributed by atoms with Crippen LogP contribution in [-0.2, 0) is 11.2 Å². The molecule has 0 heterocycles. The van der Waals surface area contributed by atoms with Crippen molar-refractivity contribution in [2.45, 2.75) is 58.6 Å². The summed E-state index contributed by atoms with van der Waals surface area (Å²) in [4.78, 5) is 11.9. The van der Waals surface area contributed by atoms with Crippen LogP contribution in [0.2, 0.25) is 5.02 Å². The molecule has 0 radical (unpaired) electrons. The molecular weight excluding hydrogens is 330 g/mol. The molecule has 24 heavy (non-hydrogen) atoms. The summed E-state index contributed by atoms with van der Waals surface area (Å²) < 4.78 is 10.8. The van der Waals surface area contributed by atoms with Gasteiger partial charge < -0.3 is 19.9 Å². The number of amides is 1. The van der Waals surface area contributed by atoms with E-state index in [1.807, 2.05) is 39.8 Å². The average Bonchev–Trinajstić information content (AvgIpc) is 2.48. The van der Waals surface area contributed by atoms with Gasteiger partial charge in [0.2, 0.25) is 0 Å². The summed E-state index contributed by atoms with van der Waals surface area (Å²) in [5.74, 6) is 0.670. The number of alkyl carbamates (subject to hydrolysis) is 1. The van der Waals surface area contributed by atoms with E-state index in [9.17, 15) is 4.79 Å². The highest BCUT2D eigenvalue weighted by Gasteiger charge is 2.19. The molecule has 0 aliphatic heterocycles. The summed E-state index contributed by atoms with van der Waals surface area (Å²) in [6.07, 6.45) is 1.89. The van der Waals surface area contributed by atoms with Crippen LogP contribution < -0.4 is 10.1 Å². The number of aryl methyl sites for hydroxylation is 1. The van der Waals surface area contributed by atoms with Gasteiger partial charge in [0.1, 0.15) is 18.0 Å². The minimum Gasteiger partial charge on any atom is -0.491 e. The minimum absolute atomic E-state index is 0.0150. The molecule has 0 aliphatic carbocycles. The molecule has 0 aliphatic rings. The van der Waals surface area contributed by atoms with E-state index < -0.39 is 11.7 Å². The lowest BCUT2D eigenvalue weighted by molar-refractivity contribution is 0.0500. The van der Waals surface area contributed by atoms with E-state index in [0.29, 0.717) is 10.8 Å². The summed E-state index contributed by atoms with van der Waals surface area (Å²) in [6, 6.07) is 5.48. The summed E-state index contributed by atoms with van der Waals surface area (Å²) in [7, 11) is 0. The van der Waals surface area contributed by atoms with Crippen molar-refractivity contribution < 1.29 is 19.4 Å². The van der Waals surface area contributed by atoms with Gasteiger partial charge in [-0.2, -0.15) is 0 Å². The molecule has 1 rings (SSSR count). The van der Waals surface area contributed by atoms with E-state index in [-0.39, 0.29) is 19.3 Å². The third-order valence-corrected chi connectivity index (χ3v) is 3.59. The van der Waals surface area contributed by atoms with Gasteiger partial charge in [-0.1, -0.05) is 24.6 Å². The highest BCUT2D eigenvalue weighted by molar-refractivity contribution is 6.30. The molecule has 1 atom stereocenters. The standard InChI is InChI=1S/C18H28ClNO4/c1-5-15(20-17(22)24-18(2,3)4)9-7-13-6-8-14(19)12-16(13)23-11-10-21/h6,8,12,15,21H,5,7,9-11H2,1-4H3,(H,20,22)/t15-/m1/s1. The summed E-state index contributed by atoms with van der Waals surface area (Å²) in [5.41, 5.74) is 0.487. The van der Waals surface area contributed by atoms with E-state index in [4.69, 9.17) is 26.2 Å². The second-order valence-electron chi connectivity index (χ2n) is 6.61. The van der Waals surface area contributed by atoms with Crippen LogP contribution in [-0.4, -0.2) is 36.1 Å². The van der Waals surface area contributed by atoms with Crippen molar-refractivity contribution >= 4 is 17.7 Å².